The molecule has 5 nitrogen and oxygen atoms in total. The molecule has 2 N–H and O–H groups in total. The number of nitriles is 1. The predicted molar refractivity (Wildman–Crippen MR) is 69.7 cm³/mol. The molecular weight excluding hydrogens is 287 g/mol. The van der Waals surface area contributed by atoms with Crippen molar-refractivity contribution in [3.05, 3.63) is 29.3 Å². The lowest BCUT2D eigenvalue weighted by atomic mass is 10.1. The molecule has 1 rings (SSSR count). The Bertz CT molecular complexity index is 553. The van der Waals surface area contributed by atoms with Crippen LogP contribution in [0.25, 0.3) is 0 Å². The number of methoxy groups -OCH3 is 1. The minimum absolute atomic E-state index is 0.0524. The number of carbonyl (C=O) groups excluding carboxylic acids is 1. The van der Waals surface area contributed by atoms with Crippen molar-refractivity contribution in [1.82, 2.24) is 5.32 Å². The molecule has 0 aliphatic carbocycles. The molecule has 0 aliphatic heterocycles. The average molecular weight is 301 g/mol. The maximum atomic E-state index is 12.8. The predicted octanol–water partition coefficient (Wildman–Crippen LogP) is 2.73. The van der Waals surface area contributed by atoms with E-state index >= 15 is 0 Å². The molecular formula is C13H14F3N3O2. The van der Waals surface area contributed by atoms with Gasteiger partial charge < -0.3 is 15.4 Å². The van der Waals surface area contributed by atoms with Crippen LogP contribution in [0.15, 0.2) is 18.2 Å². The van der Waals surface area contributed by atoms with Gasteiger partial charge in [-0.25, -0.2) is 4.79 Å². The molecule has 21 heavy (non-hydrogen) atoms. The second-order valence-electron chi connectivity index (χ2n) is 4.32. The largest absolute Gasteiger partial charge is 0.417 e. The van der Waals surface area contributed by atoms with Gasteiger partial charge in [0.2, 0.25) is 0 Å². The summed E-state index contributed by atoms with van der Waals surface area (Å²) >= 11 is 0. The third-order valence-electron chi connectivity index (χ3n) is 2.50. The molecule has 0 aliphatic rings. The minimum Gasteiger partial charge on any atom is -0.383 e. The number of amides is 2. The van der Waals surface area contributed by atoms with Crippen molar-refractivity contribution in [3.63, 3.8) is 0 Å². The Labute approximate surface area is 119 Å². The van der Waals surface area contributed by atoms with E-state index in [1.54, 1.807) is 6.92 Å². The summed E-state index contributed by atoms with van der Waals surface area (Å²) in [6, 6.07) is 3.48. The number of carbonyl (C=O) groups is 1. The van der Waals surface area contributed by atoms with Crippen LogP contribution < -0.4 is 10.6 Å². The molecule has 0 heterocycles. The van der Waals surface area contributed by atoms with Crippen molar-refractivity contribution in [2.24, 2.45) is 0 Å². The SMILES string of the molecule is COC[C@H](C)NC(=O)Nc1ccc(C#N)c(C(F)(F)F)c1. The van der Waals surface area contributed by atoms with Crippen LogP contribution in [0, 0.1) is 11.3 Å². The highest BCUT2D eigenvalue weighted by Crippen LogP contribution is 2.33. The van der Waals surface area contributed by atoms with Gasteiger partial charge in [0.1, 0.15) is 0 Å². The summed E-state index contributed by atoms with van der Waals surface area (Å²) in [5.74, 6) is 0. The third kappa shape index (κ3) is 4.96. The van der Waals surface area contributed by atoms with Crippen molar-refractivity contribution >= 4 is 11.7 Å². The quantitative estimate of drug-likeness (QED) is 0.898. The number of nitrogens with zero attached hydrogens (tertiary/aromatic N) is 1. The summed E-state index contributed by atoms with van der Waals surface area (Å²) in [6.45, 7) is 1.96. The smallest absolute Gasteiger partial charge is 0.383 e. The number of nitrogens with one attached hydrogen (secondary N) is 2. The Hall–Kier alpha value is -2.27. The number of ether oxygens (including phenoxy) is 1. The normalized spacial score (nSPS) is 12.4. The number of alkyl halides is 3. The Morgan fingerprint density at radius 2 is 2.14 bits per heavy atom. The van der Waals surface area contributed by atoms with Crippen LogP contribution >= 0.6 is 0 Å². The van der Waals surface area contributed by atoms with E-state index in [-0.39, 0.29) is 18.3 Å². The maximum absolute atomic E-state index is 12.8. The van der Waals surface area contributed by atoms with Gasteiger partial charge in [-0.05, 0) is 25.1 Å². The molecule has 0 aromatic heterocycles. The number of hydrogen-bond acceptors (Lipinski definition) is 3. The highest BCUT2D eigenvalue weighted by molar-refractivity contribution is 5.89. The molecule has 1 atom stereocenters. The average Bonchev–Trinajstić information content (AvgIpc) is 2.37. The summed E-state index contributed by atoms with van der Waals surface area (Å²) < 4.78 is 43.1. The molecule has 0 fully saturated rings. The molecule has 2 amide bonds. The molecule has 8 heteroatoms. The number of hydrogen-bond donors (Lipinski definition) is 2. The van der Waals surface area contributed by atoms with Crippen molar-refractivity contribution in [2.45, 2.75) is 19.1 Å². The van der Waals surface area contributed by atoms with Crippen LogP contribution in [0.5, 0.6) is 0 Å². The van der Waals surface area contributed by atoms with Gasteiger partial charge in [0, 0.05) is 12.8 Å². The molecule has 0 saturated carbocycles. The van der Waals surface area contributed by atoms with Crippen LogP contribution in [0.4, 0.5) is 23.7 Å². The van der Waals surface area contributed by atoms with Gasteiger partial charge in [0.25, 0.3) is 0 Å². The van der Waals surface area contributed by atoms with E-state index in [0.717, 1.165) is 12.1 Å². The van der Waals surface area contributed by atoms with Crippen molar-refractivity contribution in [1.29, 1.82) is 5.26 Å². The first-order valence-electron chi connectivity index (χ1n) is 5.95. The van der Waals surface area contributed by atoms with Crippen LogP contribution in [-0.2, 0) is 10.9 Å². The standard InChI is InChI=1S/C13H14F3N3O2/c1-8(7-21-2)18-12(20)19-10-4-3-9(6-17)11(5-10)13(14,15)16/h3-5,8H,7H2,1-2H3,(H2,18,19,20)/t8-/m0/s1. The van der Waals surface area contributed by atoms with Crippen molar-refractivity contribution in [3.8, 4) is 6.07 Å². The monoisotopic (exact) mass is 301 g/mol. The van der Waals surface area contributed by atoms with E-state index in [1.165, 1.54) is 19.2 Å². The first-order valence-corrected chi connectivity index (χ1v) is 5.95. The fourth-order valence-corrected chi connectivity index (χ4v) is 1.64. The van der Waals surface area contributed by atoms with Crippen molar-refractivity contribution < 1.29 is 22.7 Å². The summed E-state index contributed by atoms with van der Waals surface area (Å²) in [5.41, 5.74) is -1.64. The van der Waals surface area contributed by atoms with E-state index in [4.69, 9.17) is 10.00 Å². The molecule has 1 aromatic rings. The lowest BCUT2D eigenvalue weighted by Crippen LogP contribution is -2.38. The molecule has 114 valence electrons. The lowest BCUT2D eigenvalue weighted by molar-refractivity contribution is -0.137. The highest BCUT2D eigenvalue weighted by Gasteiger charge is 2.33. The van der Waals surface area contributed by atoms with E-state index in [2.05, 4.69) is 10.6 Å². The van der Waals surface area contributed by atoms with E-state index < -0.39 is 23.3 Å². The number of benzene rings is 1. The lowest BCUT2D eigenvalue weighted by Gasteiger charge is -2.15. The van der Waals surface area contributed by atoms with E-state index in [9.17, 15) is 18.0 Å². The number of rotatable bonds is 4. The highest BCUT2D eigenvalue weighted by atomic mass is 19.4. The van der Waals surface area contributed by atoms with Gasteiger partial charge >= 0.3 is 12.2 Å². The summed E-state index contributed by atoms with van der Waals surface area (Å²) in [4.78, 5) is 11.6. The maximum Gasteiger partial charge on any atom is 0.417 e. The van der Waals surface area contributed by atoms with Gasteiger partial charge in [0.05, 0.1) is 29.8 Å². The zero-order chi connectivity index (χ0) is 16.0. The molecule has 0 spiro atoms. The van der Waals surface area contributed by atoms with Gasteiger partial charge in [-0.15, -0.1) is 0 Å². The van der Waals surface area contributed by atoms with Gasteiger partial charge in [-0.2, -0.15) is 18.4 Å². The minimum atomic E-state index is -4.66. The Balaban J connectivity index is 2.86. The summed E-state index contributed by atoms with van der Waals surface area (Å²) in [7, 11) is 1.46. The fraction of sp³-hybridized carbons (Fsp3) is 0.385. The second kappa shape index (κ2) is 6.95. The van der Waals surface area contributed by atoms with Crippen molar-refractivity contribution in [2.75, 3.05) is 19.0 Å². The number of anilines is 1. The Morgan fingerprint density at radius 3 is 2.67 bits per heavy atom. The topological polar surface area (TPSA) is 74.2 Å². The number of halogens is 3. The third-order valence-corrected chi connectivity index (χ3v) is 2.50. The first-order chi connectivity index (χ1) is 9.77. The molecule has 0 saturated heterocycles. The molecule has 0 bridgehead atoms. The molecule has 0 unspecified atom stereocenters. The van der Waals surface area contributed by atoms with Crippen LogP contribution in [0.2, 0.25) is 0 Å². The molecule has 1 aromatic carbocycles. The molecule has 0 radical (unpaired) electrons. The van der Waals surface area contributed by atoms with Crippen LogP contribution in [0.3, 0.4) is 0 Å². The van der Waals surface area contributed by atoms with Gasteiger partial charge in [-0.3, -0.25) is 0 Å². The van der Waals surface area contributed by atoms with E-state index in [1.807, 2.05) is 0 Å². The Kier molecular flexibility index (Phi) is 5.55. The van der Waals surface area contributed by atoms with E-state index in [0.29, 0.717) is 0 Å². The summed E-state index contributed by atoms with van der Waals surface area (Å²) in [5, 5.41) is 13.4. The van der Waals surface area contributed by atoms with Crippen LogP contribution in [-0.4, -0.2) is 25.8 Å². The fourth-order valence-electron chi connectivity index (χ4n) is 1.64. The zero-order valence-electron chi connectivity index (χ0n) is 11.4. The summed E-state index contributed by atoms with van der Waals surface area (Å²) in [6.07, 6.45) is -4.66. The second-order valence-corrected chi connectivity index (χ2v) is 4.32. The number of urea groups is 1. The van der Waals surface area contributed by atoms with Gasteiger partial charge in [0.15, 0.2) is 0 Å². The first kappa shape index (κ1) is 16.8. The van der Waals surface area contributed by atoms with Gasteiger partial charge in [-0.1, -0.05) is 0 Å². The van der Waals surface area contributed by atoms with Crippen LogP contribution in [0.1, 0.15) is 18.1 Å². The Morgan fingerprint density at radius 1 is 1.48 bits per heavy atom. The zero-order valence-corrected chi connectivity index (χ0v) is 11.4.